The molecule has 0 spiro atoms. The molecule has 0 bridgehead atoms. The van der Waals surface area contributed by atoms with Gasteiger partial charge in [0.15, 0.2) is 0 Å². The van der Waals surface area contributed by atoms with Gasteiger partial charge in [-0.3, -0.25) is 0 Å². The van der Waals surface area contributed by atoms with Crippen LogP contribution in [0.2, 0.25) is 0 Å². The molecule has 3 nitrogen and oxygen atoms in total. The SMILES string of the molecule is CC(C)CCC[C@@H](C)[C@H]1CC[C@H]2[C@@H]3CCC(=NO)[C@](C)(CCC(O)C(F)(F)F)[C@H]3CC[C@]12C. The first kappa shape index (κ1) is 26.8. The highest BCUT2D eigenvalue weighted by molar-refractivity contribution is 5.90. The smallest absolute Gasteiger partial charge is 0.411 e. The summed E-state index contributed by atoms with van der Waals surface area (Å²) >= 11 is 0. The van der Waals surface area contributed by atoms with Gasteiger partial charge in [0.1, 0.15) is 6.10 Å². The number of hydrogen-bond donors (Lipinski definition) is 2. The second-order valence-corrected chi connectivity index (χ2v) is 12.5. The Balaban J connectivity index is 1.75. The minimum atomic E-state index is -4.60. The van der Waals surface area contributed by atoms with Gasteiger partial charge in [0.2, 0.25) is 0 Å². The molecule has 0 aromatic carbocycles. The summed E-state index contributed by atoms with van der Waals surface area (Å²) in [4.78, 5) is 0. The molecule has 1 unspecified atom stereocenters. The molecular formula is C27H46F3NO2. The van der Waals surface area contributed by atoms with Crippen LogP contribution < -0.4 is 0 Å². The Morgan fingerprint density at radius 1 is 1.00 bits per heavy atom. The first-order chi connectivity index (χ1) is 15.3. The van der Waals surface area contributed by atoms with E-state index < -0.39 is 17.7 Å². The van der Waals surface area contributed by atoms with Crippen LogP contribution in [0.3, 0.4) is 0 Å². The van der Waals surface area contributed by atoms with Gasteiger partial charge in [-0.05, 0) is 92.3 Å². The predicted octanol–water partition coefficient (Wildman–Crippen LogP) is 7.84. The number of aliphatic hydroxyl groups excluding tert-OH is 1. The van der Waals surface area contributed by atoms with Gasteiger partial charge >= 0.3 is 6.18 Å². The molecule has 2 N–H and O–H groups in total. The van der Waals surface area contributed by atoms with E-state index in [0.717, 1.165) is 31.1 Å². The summed E-state index contributed by atoms with van der Waals surface area (Å²) < 4.78 is 39.0. The van der Waals surface area contributed by atoms with Crippen molar-refractivity contribution in [3.8, 4) is 0 Å². The molecule has 3 saturated carbocycles. The lowest BCUT2D eigenvalue weighted by Gasteiger charge is -2.57. The first-order valence-electron chi connectivity index (χ1n) is 13.3. The lowest BCUT2D eigenvalue weighted by atomic mass is 9.47. The third-order valence-electron chi connectivity index (χ3n) is 10.3. The topological polar surface area (TPSA) is 52.8 Å². The van der Waals surface area contributed by atoms with Crippen molar-refractivity contribution in [1.29, 1.82) is 0 Å². The van der Waals surface area contributed by atoms with Crippen LogP contribution in [0.5, 0.6) is 0 Å². The van der Waals surface area contributed by atoms with Crippen LogP contribution >= 0.6 is 0 Å². The molecule has 0 heterocycles. The quantitative estimate of drug-likeness (QED) is 0.279. The average Bonchev–Trinajstić information content (AvgIpc) is 3.08. The molecule has 3 aliphatic rings. The van der Waals surface area contributed by atoms with Crippen molar-refractivity contribution in [1.82, 2.24) is 0 Å². The highest BCUT2D eigenvalue weighted by Crippen LogP contribution is 2.66. The molecule has 0 aliphatic heterocycles. The molecule has 3 aliphatic carbocycles. The van der Waals surface area contributed by atoms with E-state index in [9.17, 15) is 23.5 Å². The van der Waals surface area contributed by atoms with Gasteiger partial charge in [0.05, 0.1) is 5.71 Å². The Kier molecular flexibility index (Phi) is 8.18. The van der Waals surface area contributed by atoms with Gasteiger partial charge in [-0.15, -0.1) is 0 Å². The second kappa shape index (κ2) is 10.1. The zero-order valence-electron chi connectivity index (χ0n) is 21.3. The van der Waals surface area contributed by atoms with E-state index in [4.69, 9.17) is 0 Å². The maximum absolute atomic E-state index is 13.0. The van der Waals surface area contributed by atoms with Crippen molar-refractivity contribution in [2.75, 3.05) is 0 Å². The fraction of sp³-hybridized carbons (Fsp3) is 0.963. The fourth-order valence-electron chi connectivity index (χ4n) is 8.40. The van der Waals surface area contributed by atoms with E-state index in [0.29, 0.717) is 35.3 Å². The summed E-state index contributed by atoms with van der Waals surface area (Å²) in [6.45, 7) is 11.5. The largest absolute Gasteiger partial charge is 0.414 e. The number of aliphatic hydroxyl groups is 1. The molecule has 0 aromatic rings. The molecule has 0 radical (unpaired) electrons. The van der Waals surface area contributed by atoms with E-state index in [1.54, 1.807) is 0 Å². The van der Waals surface area contributed by atoms with E-state index >= 15 is 0 Å². The van der Waals surface area contributed by atoms with Crippen LogP contribution in [0.15, 0.2) is 5.16 Å². The number of alkyl halides is 3. The third kappa shape index (κ3) is 5.26. The van der Waals surface area contributed by atoms with Gasteiger partial charge in [0.25, 0.3) is 0 Å². The van der Waals surface area contributed by atoms with Crippen molar-refractivity contribution >= 4 is 5.71 Å². The number of oxime groups is 1. The Labute approximate surface area is 198 Å². The van der Waals surface area contributed by atoms with E-state index in [1.807, 2.05) is 6.92 Å². The summed E-state index contributed by atoms with van der Waals surface area (Å²) in [5.74, 6) is 3.48. The van der Waals surface area contributed by atoms with Crippen molar-refractivity contribution in [3.63, 3.8) is 0 Å². The van der Waals surface area contributed by atoms with E-state index in [2.05, 4.69) is 32.9 Å². The third-order valence-corrected chi connectivity index (χ3v) is 10.3. The molecule has 33 heavy (non-hydrogen) atoms. The van der Waals surface area contributed by atoms with Gasteiger partial charge in [-0.1, -0.05) is 59.0 Å². The maximum atomic E-state index is 13.0. The predicted molar refractivity (Wildman–Crippen MR) is 126 cm³/mol. The minimum absolute atomic E-state index is 0.215. The standard InChI is InChI=1S/C27H46F3NO2/c1-17(2)7-6-8-18(3)20-10-11-21-19-9-12-23(31-33)26(5,16-14-24(32)27(28,29)30)22(19)13-15-25(20,21)4/h17-22,24,32-33H,6-16H2,1-5H3/t18-,19+,20-,21+,22+,24?,25-,26-/m1/s1. The molecule has 3 rings (SSSR count). The van der Waals surface area contributed by atoms with Crippen LogP contribution in [0.4, 0.5) is 13.2 Å². The van der Waals surface area contributed by atoms with Crippen LogP contribution in [0.25, 0.3) is 0 Å². The van der Waals surface area contributed by atoms with Crippen molar-refractivity contribution in [2.24, 2.45) is 51.5 Å². The van der Waals surface area contributed by atoms with Gasteiger partial charge in [-0.25, -0.2) is 0 Å². The summed E-state index contributed by atoms with van der Waals surface area (Å²) in [5.41, 5.74) is 0.364. The number of fused-ring (bicyclic) bond motifs is 3. The van der Waals surface area contributed by atoms with Crippen LogP contribution in [0.1, 0.15) is 105 Å². The highest BCUT2D eigenvalue weighted by Gasteiger charge is 2.59. The second-order valence-electron chi connectivity index (χ2n) is 12.5. The molecule has 8 atom stereocenters. The lowest BCUT2D eigenvalue weighted by Crippen LogP contribution is -2.53. The minimum Gasteiger partial charge on any atom is -0.411 e. The van der Waals surface area contributed by atoms with Crippen LogP contribution in [0, 0.1) is 46.3 Å². The molecule has 192 valence electrons. The van der Waals surface area contributed by atoms with Crippen LogP contribution in [-0.2, 0) is 0 Å². The number of halogens is 3. The molecule has 6 heteroatoms. The molecule has 0 aromatic heterocycles. The van der Waals surface area contributed by atoms with Gasteiger partial charge < -0.3 is 10.3 Å². The summed E-state index contributed by atoms with van der Waals surface area (Å²) in [7, 11) is 0. The van der Waals surface area contributed by atoms with E-state index in [1.165, 1.54) is 32.1 Å². The Morgan fingerprint density at radius 3 is 2.30 bits per heavy atom. The normalized spacial score (nSPS) is 40.0. The molecule has 3 fully saturated rings. The van der Waals surface area contributed by atoms with Crippen molar-refractivity contribution < 1.29 is 23.5 Å². The zero-order chi connectivity index (χ0) is 24.6. The monoisotopic (exact) mass is 473 g/mol. The fourth-order valence-corrected chi connectivity index (χ4v) is 8.40. The van der Waals surface area contributed by atoms with Gasteiger partial charge in [0, 0.05) is 5.41 Å². The summed E-state index contributed by atoms with van der Waals surface area (Å²) in [5, 5.41) is 22.9. The Bertz CT molecular complexity index is 693. The maximum Gasteiger partial charge on any atom is 0.414 e. The van der Waals surface area contributed by atoms with Gasteiger partial charge in [-0.2, -0.15) is 13.2 Å². The molecular weight excluding hydrogens is 427 g/mol. The number of rotatable bonds is 8. The highest BCUT2D eigenvalue weighted by atomic mass is 19.4. The van der Waals surface area contributed by atoms with Crippen LogP contribution in [-0.4, -0.2) is 28.3 Å². The van der Waals surface area contributed by atoms with Crippen molar-refractivity contribution in [3.05, 3.63) is 0 Å². The first-order valence-corrected chi connectivity index (χ1v) is 13.3. The van der Waals surface area contributed by atoms with E-state index in [-0.39, 0.29) is 18.8 Å². The molecule has 0 saturated heterocycles. The average molecular weight is 474 g/mol. The summed E-state index contributed by atoms with van der Waals surface area (Å²) in [6, 6.07) is 0. The summed E-state index contributed by atoms with van der Waals surface area (Å²) in [6.07, 6.45) is 3.00. The number of nitrogens with zero attached hydrogens (tertiary/aromatic N) is 1. The molecule has 0 amide bonds. The number of hydrogen-bond acceptors (Lipinski definition) is 3. The van der Waals surface area contributed by atoms with Crippen molar-refractivity contribution in [2.45, 2.75) is 118 Å². The Morgan fingerprint density at radius 2 is 1.70 bits per heavy atom. The lowest BCUT2D eigenvalue weighted by molar-refractivity contribution is -0.207. The zero-order valence-corrected chi connectivity index (χ0v) is 21.3. The Hall–Kier alpha value is -0.780.